The number of nitriles is 1. The molecule has 1 aromatic rings. The summed E-state index contributed by atoms with van der Waals surface area (Å²) >= 11 is 0. The van der Waals surface area contributed by atoms with E-state index in [-0.39, 0.29) is 0 Å². The maximum atomic E-state index is 9.61. The van der Waals surface area contributed by atoms with Crippen LogP contribution in [-0.4, -0.2) is 36.4 Å². The summed E-state index contributed by atoms with van der Waals surface area (Å²) in [6, 6.07) is 4.16. The second-order valence-electron chi connectivity index (χ2n) is 8.02. The second kappa shape index (κ2) is 6.05. The number of pyridine rings is 1. The molecule has 2 saturated heterocycles. The maximum absolute atomic E-state index is 9.61. The molecule has 0 N–H and O–H groups in total. The predicted octanol–water partition coefficient (Wildman–Crippen LogP) is 2.49. The van der Waals surface area contributed by atoms with Crippen molar-refractivity contribution in [3.05, 3.63) is 17.8 Å². The van der Waals surface area contributed by atoms with Crippen LogP contribution in [0.1, 0.15) is 53.0 Å². The monoisotopic (exact) mass is 327 g/mol. The van der Waals surface area contributed by atoms with E-state index in [1.165, 1.54) is 12.8 Å². The molecular weight excluding hydrogens is 301 g/mol. The lowest BCUT2D eigenvalue weighted by molar-refractivity contribution is 0.00578. The highest BCUT2D eigenvalue weighted by molar-refractivity contribution is 6.62. The van der Waals surface area contributed by atoms with Crippen molar-refractivity contribution < 1.29 is 9.31 Å². The zero-order chi connectivity index (χ0) is 17.5. The fourth-order valence-corrected chi connectivity index (χ4v) is 3.28. The molecule has 0 bridgehead atoms. The molecule has 24 heavy (non-hydrogen) atoms. The van der Waals surface area contributed by atoms with E-state index < -0.39 is 18.3 Å². The average molecular weight is 327 g/mol. The van der Waals surface area contributed by atoms with E-state index in [9.17, 15) is 5.26 Å². The predicted molar refractivity (Wildman–Crippen MR) is 95.3 cm³/mol. The van der Waals surface area contributed by atoms with Crippen LogP contribution in [0.15, 0.2) is 12.3 Å². The molecule has 3 rings (SSSR count). The van der Waals surface area contributed by atoms with E-state index in [1.54, 1.807) is 6.20 Å². The van der Waals surface area contributed by atoms with Gasteiger partial charge in [-0.25, -0.2) is 4.98 Å². The van der Waals surface area contributed by atoms with Crippen molar-refractivity contribution in [1.82, 2.24) is 4.98 Å². The van der Waals surface area contributed by atoms with Gasteiger partial charge in [-0.15, -0.1) is 0 Å². The van der Waals surface area contributed by atoms with Crippen LogP contribution in [0.25, 0.3) is 0 Å². The SMILES string of the molecule is CC1CCCN(c2cc(C#N)c(B3OC(C)(C)C(C)(C)O3)cn2)C1. The molecule has 2 aliphatic rings. The molecule has 0 saturated carbocycles. The van der Waals surface area contributed by atoms with E-state index in [0.717, 1.165) is 18.9 Å². The van der Waals surface area contributed by atoms with Gasteiger partial charge in [0.1, 0.15) is 5.82 Å². The van der Waals surface area contributed by atoms with Gasteiger partial charge in [0, 0.05) is 24.7 Å². The third-order valence-corrected chi connectivity index (χ3v) is 5.53. The molecule has 3 heterocycles. The summed E-state index contributed by atoms with van der Waals surface area (Å²) in [5, 5.41) is 9.61. The highest BCUT2D eigenvalue weighted by Gasteiger charge is 2.52. The molecule has 5 nitrogen and oxygen atoms in total. The molecule has 2 aliphatic heterocycles. The Balaban J connectivity index is 1.87. The van der Waals surface area contributed by atoms with Crippen LogP contribution in [0, 0.1) is 17.2 Å². The number of nitrogens with zero attached hydrogens (tertiary/aromatic N) is 3. The first-order valence-electron chi connectivity index (χ1n) is 8.74. The van der Waals surface area contributed by atoms with Crippen LogP contribution in [-0.2, 0) is 9.31 Å². The van der Waals surface area contributed by atoms with Crippen molar-refractivity contribution in [2.45, 2.75) is 58.7 Å². The molecule has 2 fully saturated rings. The van der Waals surface area contributed by atoms with Crippen molar-refractivity contribution in [3.8, 4) is 6.07 Å². The van der Waals surface area contributed by atoms with Gasteiger partial charge in [-0.05, 0) is 52.5 Å². The van der Waals surface area contributed by atoms with E-state index in [2.05, 4.69) is 22.9 Å². The summed E-state index contributed by atoms with van der Waals surface area (Å²) in [7, 11) is -0.550. The summed E-state index contributed by atoms with van der Waals surface area (Å²) in [6.45, 7) is 12.3. The smallest absolute Gasteiger partial charge is 0.399 e. The standard InChI is InChI=1S/C18H26BN3O2/c1-13-7-6-8-22(12-13)16-9-14(10-20)15(11-21-16)19-23-17(2,3)18(4,5)24-19/h9,11,13H,6-8,12H2,1-5H3. The number of aromatic nitrogens is 1. The van der Waals surface area contributed by atoms with Gasteiger partial charge in [-0.2, -0.15) is 5.26 Å². The average Bonchev–Trinajstić information content (AvgIpc) is 2.74. The number of hydrogen-bond donors (Lipinski definition) is 0. The molecular formula is C18H26BN3O2. The summed E-state index contributed by atoms with van der Waals surface area (Å²) in [6.07, 6.45) is 4.17. The van der Waals surface area contributed by atoms with Crippen LogP contribution in [0.2, 0.25) is 0 Å². The topological polar surface area (TPSA) is 58.4 Å². The minimum absolute atomic E-state index is 0.425. The Hall–Kier alpha value is -1.58. The molecule has 0 spiro atoms. The van der Waals surface area contributed by atoms with Crippen molar-refractivity contribution >= 4 is 18.4 Å². The minimum atomic E-state index is -0.550. The van der Waals surface area contributed by atoms with Crippen LogP contribution >= 0.6 is 0 Å². The Morgan fingerprint density at radius 1 is 1.29 bits per heavy atom. The van der Waals surface area contributed by atoms with Gasteiger partial charge in [0.2, 0.25) is 0 Å². The Labute approximate surface area is 145 Å². The van der Waals surface area contributed by atoms with E-state index >= 15 is 0 Å². The van der Waals surface area contributed by atoms with Gasteiger partial charge in [0.05, 0.1) is 22.8 Å². The largest absolute Gasteiger partial charge is 0.497 e. The zero-order valence-electron chi connectivity index (χ0n) is 15.3. The van der Waals surface area contributed by atoms with Crippen molar-refractivity contribution in [2.24, 2.45) is 5.92 Å². The van der Waals surface area contributed by atoms with Gasteiger partial charge in [0.25, 0.3) is 0 Å². The lowest BCUT2D eigenvalue weighted by Gasteiger charge is -2.32. The fraction of sp³-hybridized carbons (Fsp3) is 0.667. The van der Waals surface area contributed by atoms with Crippen LogP contribution in [0.4, 0.5) is 5.82 Å². The van der Waals surface area contributed by atoms with E-state index in [0.29, 0.717) is 16.9 Å². The molecule has 0 aromatic carbocycles. The lowest BCUT2D eigenvalue weighted by Crippen LogP contribution is -2.41. The summed E-state index contributed by atoms with van der Waals surface area (Å²) < 4.78 is 12.1. The highest BCUT2D eigenvalue weighted by Crippen LogP contribution is 2.36. The number of hydrogen-bond acceptors (Lipinski definition) is 5. The number of piperidine rings is 1. The molecule has 1 atom stereocenters. The summed E-state index contributed by atoms with van der Waals surface area (Å²) in [5.41, 5.74) is 0.443. The quantitative estimate of drug-likeness (QED) is 0.781. The second-order valence-corrected chi connectivity index (χ2v) is 8.02. The summed E-state index contributed by atoms with van der Waals surface area (Å²) in [4.78, 5) is 6.87. The Bertz CT molecular complexity index is 653. The third kappa shape index (κ3) is 3.03. The third-order valence-electron chi connectivity index (χ3n) is 5.53. The fourth-order valence-electron chi connectivity index (χ4n) is 3.28. The van der Waals surface area contributed by atoms with Crippen LogP contribution in [0.3, 0.4) is 0 Å². The van der Waals surface area contributed by atoms with Gasteiger partial charge in [-0.1, -0.05) is 6.92 Å². The van der Waals surface area contributed by atoms with Crippen molar-refractivity contribution in [2.75, 3.05) is 18.0 Å². The van der Waals surface area contributed by atoms with E-state index in [4.69, 9.17) is 9.31 Å². The molecule has 0 amide bonds. The number of rotatable bonds is 2. The van der Waals surface area contributed by atoms with Gasteiger partial charge >= 0.3 is 7.12 Å². The first-order valence-corrected chi connectivity index (χ1v) is 8.74. The lowest BCUT2D eigenvalue weighted by atomic mass is 9.77. The Morgan fingerprint density at radius 3 is 2.54 bits per heavy atom. The molecule has 0 aliphatic carbocycles. The number of anilines is 1. The normalized spacial score (nSPS) is 25.6. The first kappa shape index (κ1) is 17.3. The Kier molecular flexibility index (Phi) is 4.35. The van der Waals surface area contributed by atoms with Gasteiger partial charge in [-0.3, -0.25) is 0 Å². The summed E-state index contributed by atoms with van der Waals surface area (Å²) in [5.74, 6) is 1.53. The molecule has 128 valence electrons. The van der Waals surface area contributed by atoms with Crippen molar-refractivity contribution in [3.63, 3.8) is 0 Å². The molecule has 1 aromatic heterocycles. The molecule has 6 heteroatoms. The zero-order valence-corrected chi connectivity index (χ0v) is 15.3. The maximum Gasteiger partial charge on any atom is 0.497 e. The van der Waals surface area contributed by atoms with Crippen LogP contribution in [0.5, 0.6) is 0 Å². The van der Waals surface area contributed by atoms with Crippen LogP contribution < -0.4 is 10.4 Å². The Morgan fingerprint density at radius 2 is 1.96 bits per heavy atom. The van der Waals surface area contributed by atoms with E-state index in [1.807, 2.05) is 33.8 Å². The van der Waals surface area contributed by atoms with Crippen molar-refractivity contribution in [1.29, 1.82) is 5.26 Å². The first-order chi connectivity index (χ1) is 11.2. The van der Waals surface area contributed by atoms with Gasteiger partial charge in [0.15, 0.2) is 0 Å². The van der Waals surface area contributed by atoms with Gasteiger partial charge < -0.3 is 14.2 Å². The highest BCUT2D eigenvalue weighted by atomic mass is 16.7. The molecule has 1 unspecified atom stereocenters. The minimum Gasteiger partial charge on any atom is -0.399 e. The molecule has 0 radical (unpaired) electrons.